The van der Waals surface area contributed by atoms with Crippen LogP contribution < -0.4 is 5.32 Å². The minimum atomic E-state index is -0.459. The van der Waals surface area contributed by atoms with Crippen LogP contribution in [0.3, 0.4) is 0 Å². The van der Waals surface area contributed by atoms with Gasteiger partial charge in [0.1, 0.15) is 0 Å². The number of esters is 1. The summed E-state index contributed by atoms with van der Waals surface area (Å²) < 4.78 is 5.44. The highest BCUT2D eigenvalue weighted by Gasteiger charge is 2.24. The van der Waals surface area contributed by atoms with Gasteiger partial charge in [-0.05, 0) is 67.3 Å². The first-order valence-electron chi connectivity index (χ1n) is 11.0. The average Bonchev–Trinajstić information content (AvgIpc) is 2.81. The molecule has 31 heavy (non-hydrogen) atoms. The van der Waals surface area contributed by atoms with Crippen molar-refractivity contribution in [3.63, 3.8) is 0 Å². The molecule has 0 saturated heterocycles. The van der Waals surface area contributed by atoms with Crippen LogP contribution >= 0.6 is 0 Å². The van der Waals surface area contributed by atoms with Crippen LogP contribution in [0.1, 0.15) is 66.2 Å². The Balaban J connectivity index is 1.46. The zero-order valence-electron chi connectivity index (χ0n) is 18.1. The number of hydrogen-bond acceptors (Lipinski definition) is 4. The van der Waals surface area contributed by atoms with Gasteiger partial charge in [-0.2, -0.15) is 0 Å². The normalized spacial score (nSPS) is 14.0. The lowest BCUT2D eigenvalue weighted by atomic mass is 9.90. The molecule has 3 aromatic rings. The van der Waals surface area contributed by atoms with E-state index in [1.54, 1.807) is 0 Å². The highest BCUT2D eigenvalue weighted by Crippen LogP contribution is 2.29. The van der Waals surface area contributed by atoms with Gasteiger partial charge in [-0.25, -0.2) is 4.79 Å². The summed E-state index contributed by atoms with van der Waals surface area (Å²) in [6, 6.07) is 15.4. The van der Waals surface area contributed by atoms with Crippen molar-refractivity contribution in [3.8, 4) is 0 Å². The fraction of sp³-hybridized carbons (Fsp3) is 0.346. The number of aromatic nitrogens is 1. The fourth-order valence-electron chi connectivity index (χ4n) is 4.14. The average molecular weight is 417 g/mol. The first-order valence-corrected chi connectivity index (χ1v) is 11.0. The second-order valence-electron chi connectivity index (χ2n) is 8.19. The van der Waals surface area contributed by atoms with Crippen LogP contribution in [0.4, 0.5) is 5.69 Å². The number of ether oxygens (including phenoxy) is 1. The lowest BCUT2D eigenvalue weighted by Crippen LogP contribution is -2.22. The van der Waals surface area contributed by atoms with Crippen LogP contribution in [0, 0.1) is 0 Å². The van der Waals surface area contributed by atoms with Gasteiger partial charge in [-0.3, -0.25) is 9.78 Å². The molecule has 0 unspecified atom stereocenters. The van der Waals surface area contributed by atoms with E-state index in [4.69, 9.17) is 9.72 Å². The predicted octanol–water partition coefficient (Wildman–Crippen LogP) is 5.42. The number of carbonyl (C=O) groups is 2. The van der Waals surface area contributed by atoms with Gasteiger partial charge < -0.3 is 10.1 Å². The van der Waals surface area contributed by atoms with Gasteiger partial charge in [-0.1, -0.05) is 44.2 Å². The lowest BCUT2D eigenvalue weighted by molar-refractivity contribution is -0.119. The smallest absolute Gasteiger partial charge is 0.339 e. The summed E-state index contributed by atoms with van der Waals surface area (Å²) in [7, 11) is 0. The maximum atomic E-state index is 13.0. The molecule has 2 aromatic carbocycles. The highest BCUT2D eigenvalue weighted by molar-refractivity contribution is 6.06. The zero-order chi connectivity index (χ0) is 21.8. The molecule has 4 rings (SSSR count). The van der Waals surface area contributed by atoms with E-state index in [0.29, 0.717) is 17.2 Å². The summed E-state index contributed by atoms with van der Waals surface area (Å²) in [5.41, 5.74) is 5.23. The fourth-order valence-corrected chi connectivity index (χ4v) is 4.14. The number of nitrogens with one attached hydrogen (secondary N) is 1. The Bertz CT molecular complexity index is 1110. The maximum absolute atomic E-state index is 13.0. The van der Waals surface area contributed by atoms with Crippen LogP contribution in [0.2, 0.25) is 0 Å². The Labute approximate surface area is 182 Å². The number of hydrogen-bond donors (Lipinski definition) is 1. The second kappa shape index (κ2) is 9.29. The molecule has 1 heterocycles. The third-order valence-corrected chi connectivity index (χ3v) is 6.08. The Kier molecular flexibility index (Phi) is 6.31. The molecule has 0 saturated carbocycles. The van der Waals surface area contributed by atoms with Crippen LogP contribution in [-0.4, -0.2) is 23.5 Å². The summed E-state index contributed by atoms with van der Waals surface area (Å²) >= 11 is 0. The number of fused-ring (bicyclic) bond motifs is 2. The van der Waals surface area contributed by atoms with Crippen molar-refractivity contribution in [1.29, 1.82) is 0 Å². The van der Waals surface area contributed by atoms with E-state index >= 15 is 0 Å². The number of carbonyl (C=O) groups excluding carboxylic acids is 2. The summed E-state index contributed by atoms with van der Waals surface area (Å²) in [6.07, 6.45) is 4.85. The number of anilines is 1. The number of benzene rings is 2. The molecule has 1 amide bonds. The first-order chi connectivity index (χ1) is 15.1. The van der Waals surface area contributed by atoms with Crippen LogP contribution in [0.15, 0.2) is 48.5 Å². The number of amides is 1. The van der Waals surface area contributed by atoms with E-state index in [1.165, 1.54) is 5.56 Å². The zero-order valence-corrected chi connectivity index (χ0v) is 18.1. The summed E-state index contributed by atoms with van der Waals surface area (Å²) in [5.74, 6) is -0.331. The molecule has 1 aliphatic rings. The number of aryl methyl sites for hydroxylation is 1. The molecule has 1 aromatic heterocycles. The van der Waals surface area contributed by atoms with Gasteiger partial charge in [0.25, 0.3) is 5.91 Å². The van der Waals surface area contributed by atoms with E-state index in [-0.39, 0.29) is 12.5 Å². The van der Waals surface area contributed by atoms with Gasteiger partial charge in [0.05, 0.1) is 11.1 Å². The lowest BCUT2D eigenvalue weighted by Gasteiger charge is -2.20. The van der Waals surface area contributed by atoms with E-state index in [9.17, 15) is 9.59 Å². The van der Waals surface area contributed by atoms with Crippen molar-refractivity contribution >= 4 is 28.5 Å². The van der Waals surface area contributed by atoms with Gasteiger partial charge in [0.2, 0.25) is 0 Å². The van der Waals surface area contributed by atoms with E-state index in [1.807, 2.05) is 48.5 Å². The van der Waals surface area contributed by atoms with Crippen molar-refractivity contribution in [1.82, 2.24) is 4.98 Å². The standard InChI is InChI=1S/C26H28N2O3/c1-3-17(2)18-12-14-19(15-13-18)27-24(29)16-31-26(30)25-20-8-4-6-10-22(20)28-23-11-7-5-9-21(23)25/h4,6,8,10,12-15,17H,3,5,7,9,11,16H2,1-2H3,(H,27,29)/t17-/m0/s1. The van der Waals surface area contributed by atoms with Crippen molar-refractivity contribution in [2.75, 3.05) is 11.9 Å². The van der Waals surface area contributed by atoms with Crippen molar-refractivity contribution < 1.29 is 14.3 Å². The molecule has 160 valence electrons. The first kappa shape index (κ1) is 21.0. The SMILES string of the molecule is CC[C@H](C)c1ccc(NC(=O)COC(=O)c2c3c(nc4ccccc24)CCCC3)cc1. The molecule has 0 aliphatic heterocycles. The van der Waals surface area contributed by atoms with Gasteiger partial charge in [0, 0.05) is 16.8 Å². The summed E-state index contributed by atoms with van der Waals surface area (Å²) in [4.78, 5) is 30.1. The molecule has 1 atom stereocenters. The Hall–Kier alpha value is -3.21. The molecule has 5 heteroatoms. The maximum Gasteiger partial charge on any atom is 0.339 e. The van der Waals surface area contributed by atoms with Gasteiger partial charge in [0.15, 0.2) is 6.61 Å². The largest absolute Gasteiger partial charge is 0.452 e. The minimum Gasteiger partial charge on any atom is -0.452 e. The molecule has 0 radical (unpaired) electrons. The van der Waals surface area contributed by atoms with E-state index in [2.05, 4.69) is 19.2 Å². The number of pyridine rings is 1. The molecule has 0 fully saturated rings. The van der Waals surface area contributed by atoms with Crippen molar-refractivity contribution in [3.05, 3.63) is 70.9 Å². The Morgan fingerprint density at radius 3 is 2.58 bits per heavy atom. The van der Waals surface area contributed by atoms with Crippen LogP contribution in [0.25, 0.3) is 10.9 Å². The number of para-hydroxylation sites is 1. The highest BCUT2D eigenvalue weighted by atomic mass is 16.5. The molecular weight excluding hydrogens is 388 g/mol. The monoisotopic (exact) mass is 416 g/mol. The predicted molar refractivity (Wildman–Crippen MR) is 122 cm³/mol. The molecule has 1 N–H and O–H groups in total. The van der Waals surface area contributed by atoms with Crippen LogP contribution in [-0.2, 0) is 22.4 Å². The molecule has 1 aliphatic carbocycles. The van der Waals surface area contributed by atoms with E-state index in [0.717, 1.165) is 54.3 Å². The third kappa shape index (κ3) is 4.61. The minimum absolute atomic E-state index is 0.322. The van der Waals surface area contributed by atoms with E-state index < -0.39 is 5.97 Å². The second-order valence-corrected chi connectivity index (χ2v) is 8.19. The Morgan fingerprint density at radius 1 is 1.06 bits per heavy atom. The summed E-state index contributed by atoms with van der Waals surface area (Å²) in [5, 5.41) is 3.59. The van der Waals surface area contributed by atoms with Gasteiger partial charge in [-0.15, -0.1) is 0 Å². The topological polar surface area (TPSA) is 68.3 Å². The number of rotatable bonds is 6. The summed E-state index contributed by atoms with van der Waals surface area (Å²) in [6.45, 7) is 4.00. The number of nitrogens with zero attached hydrogens (tertiary/aromatic N) is 1. The van der Waals surface area contributed by atoms with Crippen LogP contribution in [0.5, 0.6) is 0 Å². The van der Waals surface area contributed by atoms with Crippen molar-refractivity contribution in [2.24, 2.45) is 0 Å². The Morgan fingerprint density at radius 2 is 1.81 bits per heavy atom. The molecule has 5 nitrogen and oxygen atoms in total. The van der Waals surface area contributed by atoms with Crippen molar-refractivity contribution in [2.45, 2.75) is 51.9 Å². The van der Waals surface area contributed by atoms with Gasteiger partial charge >= 0.3 is 5.97 Å². The quantitative estimate of drug-likeness (QED) is 0.545. The molecular formula is C26H28N2O3. The molecule has 0 bridgehead atoms. The third-order valence-electron chi connectivity index (χ3n) is 6.08. The molecule has 0 spiro atoms.